The summed E-state index contributed by atoms with van der Waals surface area (Å²) in [5, 5.41) is 14.3. The van der Waals surface area contributed by atoms with Crippen LogP contribution in [-0.4, -0.2) is 61.6 Å². The van der Waals surface area contributed by atoms with Gasteiger partial charge in [0.1, 0.15) is 12.2 Å². The number of hydrogen-bond acceptors (Lipinski definition) is 5. The highest BCUT2D eigenvalue weighted by molar-refractivity contribution is 5.96. The van der Waals surface area contributed by atoms with Crippen molar-refractivity contribution in [1.29, 1.82) is 10.8 Å². The fourth-order valence-corrected chi connectivity index (χ4v) is 3.70. The number of nitrogens with zero attached hydrogens (tertiary/aromatic N) is 1. The Hall–Kier alpha value is -1.41. The summed E-state index contributed by atoms with van der Waals surface area (Å²) in [6, 6.07) is 0.00228. The molecular weight excluding hydrogens is 311 g/mol. The summed E-state index contributed by atoms with van der Waals surface area (Å²) >= 11 is 0. The van der Waals surface area contributed by atoms with Gasteiger partial charge in [-0.25, -0.2) is 0 Å². The Morgan fingerprint density at radius 1 is 1.39 bits per heavy atom. The lowest BCUT2D eigenvalue weighted by Gasteiger charge is -2.34. The van der Waals surface area contributed by atoms with Crippen LogP contribution >= 0.6 is 0 Å². The van der Waals surface area contributed by atoms with E-state index in [1.807, 2.05) is 0 Å². The maximum Gasteiger partial charge on any atom is 0.421 e. The van der Waals surface area contributed by atoms with Gasteiger partial charge in [-0.2, -0.15) is 13.2 Å². The van der Waals surface area contributed by atoms with Crippen molar-refractivity contribution >= 4 is 12.1 Å². The molecule has 2 fully saturated rings. The maximum atomic E-state index is 12.8. The Morgan fingerprint density at radius 3 is 2.74 bits per heavy atom. The van der Waals surface area contributed by atoms with Crippen molar-refractivity contribution in [2.75, 3.05) is 26.9 Å². The highest BCUT2D eigenvalue weighted by atomic mass is 19.4. The van der Waals surface area contributed by atoms with Crippen molar-refractivity contribution in [1.82, 2.24) is 4.90 Å². The Kier molecular flexibility index (Phi) is 5.46. The molecule has 0 aromatic carbocycles. The third kappa shape index (κ3) is 3.74. The van der Waals surface area contributed by atoms with Gasteiger partial charge in [0.15, 0.2) is 0 Å². The lowest BCUT2D eigenvalue weighted by Crippen LogP contribution is -2.47. The molecule has 2 saturated heterocycles. The minimum Gasteiger partial charge on any atom is -0.476 e. The largest absolute Gasteiger partial charge is 0.476 e. The molecule has 5 nitrogen and oxygen atoms in total. The molecule has 0 aromatic rings. The monoisotopic (exact) mass is 333 g/mol. The van der Waals surface area contributed by atoms with Crippen LogP contribution in [0, 0.1) is 10.8 Å². The smallest absolute Gasteiger partial charge is 0.421 e. The van der Waals surface area contributed by atoms with Crippen LogP contribution in [0.1, 0.15) is 25.7 Å². The van der Waals surface area contributed by atoms with Crippen LogP contribution < -0.4 is 0 Å². The highest BCUT2D eigenvalue weighted by Gasteiger charge is 2.49. The van der Waals surface area contributed by atoms with Gasteiger partial charge in [0.05, 0.1) is 6.61 Å². The molecule has 0 radical (unpaired) electrons. The topological polar surface area (TPSA) is 69.4 Å². The second kappa shape index (κ2) is 7.00. The molecule has 2 atom stereocenters. The van der Waals surface area contributed by atoms with Gasteiger partial charge in [-0.1, -0.05) is 0 Å². The van der Waals surface area contributed by atoms with Gasteiger partial charge in [0.2, 0.25) is 5.90 Å². The second-order valence-corrected chi connectivity index (χ2v) is 6.03. The van der Waals surface area contributed by atoms with Crippen molar-refractivity contribution in [2.45, 2.75) is 43.4 Å². The number of hydrogen-bond donors (Lipinski definition) is 2. The zero-order valence-electron chi connectivity index (χ0n) is 13.1. The minimum atomic E-state index is -4.70. The molecule has 0 amide bonds. The summed E-state index contributed by atoms with van der Waals surface area (Å²) in [5.74, 6) is -0.926. The Balaban J connectivity index is 1.97. The molecule has 0 aliphatic carbocycles. The van der Waals surface area contributed by atoms with Crippen LogP contribution in [0.5, 0.6) is 0 Å². The Labute approximate surface area is 133 Å². The molecule has 2 heterocycles. The molecule has 0 spiro atoms. The lowest BCUT2D eigenvalue weighted by atomic mass is 9.95. The Morgan fingerprint density at radius 2 is 2.13 bits per heavy atom. The van der Waals surface area contributed by atoms with Crippen molar-refractivity contribution in [3.8, 4) is 0 Å². The van der Waals surface area contributed by atoms with Gasteiger partial charge in [0, 0.05) is 24.9 Å². The van der Waals surface area contributed by atoms with Crippen LogP contribution in [0.15, 0.2) is 11.6 Å². The number of allylic oxidation sites excluding steroid dienone is 1. The average Bonchev–Trinajstić information content (AvgIpc) is 3.00. The maximum absolute atomic E-state index is 12.8. The van der Waals surface area contributed by atoms with Crippen LogP contribution in [0.4, 0.5) is 13.2 Å². The molecule has 2 unspecified atom stereocenters. The van der Waals surface area contributed by atoms with E-state index in [2.05, 4.69) is 4.90 Å². The fraction of sp³-hybridized carbons (Fsp3) is 0.733. The molecule has 2 aliphatic rings. The first-order valence-corrected chi connectivity index (χ1v) is 7.59. The number of methoxy groups -OCH3 is 1. The molecule has 130 valence electrons. The normalized spacial score (nSPS) is 28.7. The average molecular weight is 333 g/mol. The zero-order valence-corrected chi connectivity index (χ0v) is 13.1. The van der Waals surface area contributed by atoms with E-state index in [9.17, 15) is 13.2 Å². The van der Waals surface area contributed by atoms with Gasteiger partial charge < -0.3 is 14.9 Å². The predicted octanol–water partition coefficient (Wildman–Crippen LogP) is 2.76. The highest BCUT2D eigenvalue weighted by Crippen LogP contribution is 2.42. The number of alkyl halides is 3. The van der Waals surface area contributed by atoms with Gasteiger partial charge in [0.25, 0.3) is 0 Å². The van der Waals surface area contributed by atoms with Crippen molar-refractivity contribution in [3.63, 3.8) is 0 Å². The first-order chi connectivity index (χ1) is 10.8. The van der Waals surface area contributed by atoms with E-state index in [0.29, 0.717) is 18.9 Å². The van der Waals surface area contributed by atoms with Crippen LogP contribution in [0.3, 0.4) is 0 Å². The van der Waals surface area contributed by atoms with E-state index in [0.717, 1.165) is 32.2 Å². The van der Waals surface area contributed by atoms with Crippen molar-refractivity contribution in [2.24, 2.45) is 0 Å². The van der Waals surface area contributed by atoms with E-state index in [4.69, 9.17) is 20.3 Å². The quantitative estimate of drug-likeness (QED) is 0.580. The second-order valence-electron chi connectivity index (χ2n) is 6.03. The SMILES string of the molecule is COCC12CCCN1C(COC(=N)/C(=C\C=N)C(F)(F)F)CC2. The van der Waals surface area contributed by atoms with E-state index >= 15 is 0 Å². The van der Waals surface area contributed by atoms with Crippen LogP contribution in [0.25, 0.3) is 0 Å². The Bertz CT molecular complexity index is 493. The molecule has 0 saturated carbocycles. The third-order valence-corrected chi connectivity index (χ3v) is 4.67. The van der Waals surface area contributed by atoms with E-state index in [-0.39, 0.29) is 18.2 Å². The fourth-order valence-electron chi connectivity index (χ4n) is 3.70. The lowest BCUT2D eigenvalue weighted by molar-refractivity contribution is -0.0880. The molecule has 2 aliphatic heterocycles. The molecule has 23 heavy (non-hydrogen) atoms. The van der Waals surface area contributed by atoms with E-state index in [1.165, 1.54) is 0 Å². The summed E-state index contributed by atoms with van der Waals surface area (Å²) in [5.41, 5.74) is -1.25. The van der Waals surface area contributed by atoms with Gasteiger partial charge in [-0.15, -0.1) is 0 Å². The predicted molar refractivity (Wildman–Crippen MR) is 80.2 cm³/mol. The number of nitrogens with one attached hydrogen (secondary N) is 2. The molecule has 2 rings (SSSR count). The van der Waals surface area contributed by atoms with Crippen molar-refractivity contribution in [3.05, 3.63) is 11.6 Å². The number of rotatable bonds is 6. The number of fused-ring (bicyclic) bond motifs is 1. The molecule has 0 aromatic heterocycles. The van der Waals surface area contributed by atoms with Gasteiger partial charge in [-0.3, -0.25) is 10.3 Å². The summed E-state index contributed by atoms with van der Waals surface area (Å²) in [4.78, 5) is 2.26. The summed E-state index contributed by atoms with van der Waals surface area (Å²) in [7, 11) is 1.66. The van der Waals surface area contributed by atoms with Crippen molar-refractivity contribution < 1.29 is 22.6 Å². The standard InChI is InChI=1S/C15H22F3N3O2/c1-22-10-14-5-2-8-21(14)11(3-6-14)9-23-13(20)12(4-7-19)15(16,17)18/h4,7,11,19-20H,2-3,5-6,8-10H2,1H3/b12-4+,19-7?,20-13?. The first kappa shape index (κ1) is 17.9. The summed E-state index contributed by atoms with van der Waals surface area (Å²) in [6.07, 6.45) is 0.187. The van der Waals surface area contributed by atoms with Gasteiger partial charge >= 0.3 is 6.18 Å². The molecule has 8 heteroatoms. The van der Waals surface area contributed by atoms with Gasteiger partial charge in [-0.05, 0) is 38.3 Å². The summed E-state index contributed by atoms with van der Waals surface area (Å²) < 4.78 is 48.9. The minimum absolute atomic E-state index is 0.00228. The molecule has 2 N–H and O–H groups in total. The number of halogens is 3. The van der Waals surface area contributed by atoms with Crippen LogP contribution in [0.2, 0.25) is 0 Å². The summed E-state index contributed by atoms with van der Waals surface area (Å²) in [6.45, 7) is 1.55. The number of ether oxygens (including phenoxy) is 2. The first-order valence-electron chi connectivity index (χ1n) is 7.59. The van der Waals surface area contributed by atoms with Crippen LogP contribution in [-0.2, 0) is 9.47 Å². The van der Waals surface area contributed by atoms with E-state index < -0.39 is 17.6 Å². The molecular formula is C15H22F3N3O2. The zero-order chi connectivity index (χ0) is 17.1. The van der Waals surface area contributed by atoms with E-state index in [1.54, 1.807) is 7.11 Å². The molecule has 0 bridgehead atoms. The third-order valence-electron chi connectivity index (χ3n) is 4.67.